The number of hydrogen-bond acceptors (Lipinski definition) is 3. The molecule has 0 bridgehead atoms. The highest BCUT2D eigenvalue weighted by molar-refractivity contribution is 9.10. The molecule has 1 aliphatic rings. The Labute approximate surface area is 135 Å². The predicted octanol–water partition coefficient (Wildman–Crippen LogP) is 3.73. The van der Waals surface area contributed by atoms with Crippen molar-refractivity contribution in [2.45, 2.75) is 64.4 Å². The quantitative estimate of drug-likeness (QED) is 0.755. The molecule has 0 spiro atoms. The summed E-state index contributed by atoms with van der Waals surface area (Å²) in [5, 5.41) is 4.37. The Bertz CT molecular complexity index is 503. The first kappa shape index (κ1) is 16.7. The Morgan fingerprint density at radius 1 is 1.33 bits per heavy atom. The minimum absolute atomic E-state index is 0.204. The van der Waals surface area contributed by atoms with Crippen LogP contribution in [0.2, 0.25) is 0 Å². The zero-order valence-corrected chi connectivity index (χ0v) is 14.8. The van der Waals surface area contributed by atoms with E-state index in [1.807, 2.05) is 20.9 Å². The second kappa shape index (κ2) is 7.05. The molecule has 5 heteroatoms. The molecule has 0 radical (unpaired) electrons. The molecule has 118 valence electrons. The summed E-state index contributed by atoms with van der Waals surface area (Å²) in [5.41, 5.74) is 1.29. The Balaban J connectivity index is 2.22. The standard InChI is InChI=1S/C16H25BrN2O2/c1-4-21-16(9-7-5-6-8-10-16)14(20)11-13-15(17)12(2)18-19(13)3/h4-11H2,1-3H3. The van der Waals surface area contributed by atoms with Crippen LogP contribution in [0.4, 0.5) is 0 Å². The summed E-state index contributed by atoms with van der Waals surface area (Å²) in [7, 11) is 1.89. The molecule has 0 amide bonds. The van der Waals surface area contributed by atoms with Crippen molar-refractivity contribution in [1.82, 2.24) is 9.78 Å². The molecular formula is C16H25BrN2O2. The highest BCUT2D eigenvalue weighted by atomic mass is 79.9. The normalized spacial score (nSPS) is 18.5. The lowest BCUT2D eigenvalue weighted by Crippen LogP contribution is -2.42. The molecule has 0 atom stereocenters. The number of ketones is 1. The minimum Gasteiger partial charge on any atom is -0.367 e. The fraction of sp³-hybridized carbons (Fsp3) is 0.750. The third-order valence-electron chi connectivity index (χ3n) is 4.43. The fourth-order valence-electron chi connectivity index (χ4n) is 3.26. The Kier molecular flexibility index (Phi) is 5.60. The van der Waals surface area contributed by atoms with Gasteiger partial charge in [0.2, 0.25) is 0 Å². The third-order valence-corrected chi connectivity index (χ3v) is 5.46. The molecule has 0 aromatic carbocycles. The van der Waals surface area contributed by atoms with E-state index in [1.165, 1.54) is 12.8 Å². The zero-order valence-electron chi connectivity index (χ0n) is 13.2. The molecule has 2 rings (SSSR count). The summed E-state index contributed by atoms with van der Waals surface area (Å²) in [6.45, 7) is 4.52. The lowest BCUT2D eigenvalue weighted by molar-refractivity contribution is -0.145. The summed E-state index contributed by atoms with van der Waals surface area (Å²) in [5.74, 6) is 0.204. The summed E-state index contributed by atoms with van der Waals surface area (Å²) >= 11 is 3.55. The van der Waals surface area contributed by atoms with Crippen molar-refractivity contribution in [1.29, 1.82) is 0 Å². The molecule has 0 unspecified atom stereocenters. The molecule has 0 N–H and O–H groups in total. The number of ether oxygens (including phenoxy) is 1. The van der Waals surface area contributed by atoms with E-state index in [0.29, 0.717) is 13.0 Å². The van der Waals surface area contributed by atoms with Crippen molar-refractivity contribution >= 4 is 21.7 Å². The van der Waals surface area contributed by atoms with Crippen LogP contribution in [0.25, 0.3) is 0 Å². The van der Waals surface area contributed by atoms with E-state index in [0.717, 1.165) is 41.5 Å². The van der Waals surface area contributed by atoms with Crippen molar-refractivity contribution in [2.24, 2.45) is 7.05 Å². The zero-order chi connectivity index (χ0) is 15.5. The topological polar surface area (TPSA) is 44.1 Å². The smallest absolute Gasteiger partial charge is 0.170 e. The van der Waals surface area contributed by atoms with Crippen molar-refractivity contribution in [2.75, 3.05) is 6.61 Å². The van der Waals surface area contributed by atoms with Crippen LogP contribution in [0.5, 0.6) is 0 Å². The number of hydrogen-bond donors (Lipinski definition) is 0. The van der Waals surface area contributed by atoms with Gasteiger partial charge in [0.05, 0.1) is 22.3 Å². The first-order chi connectivity index (χ1) is 10.00. The first-order valence-corrected chi connectivity index (χ1v) is 8.64. The monoisotopic (exact) mass is 356 g/mol. The lowest BCUT2D eigenvalue weighted by atomic mass is 9.87. The van der Waals surface area contributed by atoms with Gasteiger partial charge in [-0.15, -0.1) is 0 Å². The van der Waals surface area contributed by atoms with Crippen molar-refractivity contribution in [3.63, 3.8) is 0 Å². The summed E-state index contributed by atoms with van der Waals surface area (Å²) in [4.78, 5) is 13.0. The van der Waals surface area contributed by atoms with E-state index in [1.54, 1.807) is 4.68 Å². The molecule has 0 aliphatic heterocycles. The average Bonchev–Trinajstić information content (AvgIpc) is 2.65. The Morgan fingerprint density at radius 3 is 2.43 bits per heavy atom. The highest BCUT2D eigenvalue weighted by Gasteiger charge is 2.39. The van der Waals surface area contributed by atoms with Gasteiger partial charge in [-0.3, -0.25) is 9.48 Å². The molecule has 1 saturated carbocycles. The number of aromatic nitrogens is 2. The van der Waals surface area contributed by atoms with Crippen LogP contribution in [0.15, 0.2) is 4.47 Å². The van der Waals surface area contributed by atoms with Crippen molar-refractivity contribution < 1.29 is 9.53 Å². The van der Waals surface area contributed by atoms with Gasteiger partial charge in [0, 0.05) is 13.7 Å². The Morgan fingerprint density at radius 2 is 1.95 bits per heavy atom. The van der Waals surface area contributed by atoms with Gasteiger partial charge in [-0.25, -0.2) is 0 Å². The maximum absolute atomic E-state index is 13.0. The van der Waals surface area contributed by atoms with Crippen LogP contribution in [0.3, 0.4) is 0 Å². The van der Waals surface area contributed by atoms with Crippen molar-refractivity contribution in [3.8, 4) is 0 Å². The van der Waals surface area contributed by atoms with Crippen LogP contribution >= 0.6 is 15.9 Å². The van der Waals surface area contributed by atoms with Crippen LogP contribution < -0.4 is 0 Å². The van der Waals surface area contributed by atoms with Gasteiger partial charge < -0.3 is 4.74 Å². The van der Waals surface area contributed by atoms with Crippen molar-refractivity contribution in [3.05, 3.63) is 15.9 Å². The van der Waals surface area contributed by atoms with Gasteiger partial charge in [-0.1, -0.05) is 25.7 Å². The maximum atomic E-state index is 13.0. The van der Waals surface area contributed by atoms with Gasteiger partial charge in [-0.05, 0) is 42.6 Å². The lowest BCUT2D eigenvalue weighted by Gasteiger charge is -2.31. The second-order valence-electron chi connectivity index (χ2n) is 5.91. The van der Waals surface area contributed by atoms with Crippen LogP contribution in [0, 0.1) is 6.92 Å². The molecule has 1 aromatic rings. The van der Waals surface area contributed by atoms with Gasteiger partial charge in [0.1, 0.15) is 5.60 Å². The number of nitrogens with zero attached hydrogens (tertiary/aromatic N) is 2. The highest BCUT2D eigenvalue weighted by Crippen LogP contribution is 2.33. The van der Waals surface area contributed by atoms with E-state index in [4.69, 9.17) is 4.74 Å². The first-order valence-electron chi connectivity index (χ1n) is 7.85. The third kappa shape index (κ3) is 3.57. The summed E-state index contributed by atoms with van der Waals surface area (Å²) in [6, 6.07) is 0. The maximum Gasteiger partial charge on any atom is 0.170 e. The SMILES string of the molecule is CCOC1(C(=O)Cc2c(Br)c(C)nn2C)CCCCCC1. The van der Waals surface area contributed by atoms with Crippen LogP contribution in [-0.4, -0.2) is 27.8 Å². The van der Waals surface area contributed by atoms with Gasteiger partial charge in [-0.2, -0.15) is 5.10 Å². The number of carbonyl (C=O) groups excluding carboxylic acids is 1. The van der Waals surface area contributed by atoms with Gasteiger partial charge in [0.15, 0.2) is 5.78 Å². The van der Waals surface area contributed by atoms with E-state index < -0.39 is 5.60 Å². The average molecular weight is 357 g/mol. The van der Waals surface area contributed by atoms with Crippen LogP contribution in [0.1, 0.15) is 56.8 Å². The van der Waals surface area contributed by atoms with Gasteiger partial charge in [0.25, 0.3) is 0 Å². The van der Waals surface area contributed by atoms with Crippen LogP contribution in [-0.2, 0) is 23.0 Å². The molecule has 4 nitrogen and oxygen atoms in total. The largest absolute Gasteiger partial charge is 0.367 e. The number of carbonyl (C=O) groups is 1. The minimum atomic E-state index is -0.580. The predicted molar refractivity (Wildman–Crippen MR) is 86.4 cm³/mol. The van der Waals surface area contributed by atoms with E-state index in [9.17, 15) is 4.79 Å². The number of aryl methyl sites for hydroxylation is 2. The number of rotatable bonds is 5. The second-order valence-corrected chi connectivity index (χ2v) is 6.70. The Hall–Kier alpha value is -0.680. The molecule has 1 fully saturated rings. The molecule has 1 aromatic heterocycles. The molecule has 0 saturated heterocycles. The fourth-order valence-corrected chi connectivity index (χ4v) is 3.74. The van der Waals surface area contributed by atoms with E-state index in [-0.39, 0.29) is 5.78 Å². The molecular weight excluding hydrogens is 332 g/mol. The summed E-state index contributed by atoms with van der Waals surface area (Å²) < 4.78 is 8.72. The van der Waals surface area contributed by atoms with E-state index in [2.05, 4.69) is 21.0 Å². The number of Topliss-reactive ketones (excluding diaryl/α,β-unsaturated/α-hetero) is 1. The molecule has 21 heavy (non-hydrogen) atoms. The summed E-state index contributed by atoms with van der Waals surface area (Å²) in [6.07, 6.45) is 6.67. The molecule has 1 heterocycles. The number of halogens is 1. The molecule has 1 aliphatic carbocycles. The van der Waals surface area contributed by atoms with Gasteiger partial charge >= 0.3 is 0 Å². The van der Waals surface area contributed by atoms with E-state index >= 15 is 0 Å².